The smallest absolute Gasteiger partial charge is 0.0541 e. The van der Waals surface area contributed by atoms with Crippen LogP contribution in [0.25, 0.3) is 91.1 Å². The van der Waals surface area contributed by atoms with Crippen LogP contribution in [-0.4, -0.2) is 4.57 Å². The summed E-state index contributed by atoms with van der Waals surface area (Å²) in [5.74, 6) is 0. The number of fused-ring (bicyclic) bond motifs is 12. The van der Waals surface area contributed by atoms with Crippen molar-refractivity contribution in [2.45, 2.75) is 0 Å². The number of hydrogen-bond donors (Lipinski definition) is 0. The van der Waals surface area contributed by atoms with Gasteiger partial charge in [-0.05, 0) is 98.0 Å². The van der Waals surface area contributed by atoms with Crippen molar-refractivity contribution in [1.29, 1.82) is 0 Å². The Morgan fingerprint density at radius 1 is 0.318 bits per heavy atom. The fraction of sp³-hybridized carbons (Fsp3) is 0. The number of nitrogens with zero attached hydrogens (tertiary/aromatic N) is 1. The number of para-hydroxylation sites is 2. The van der Waals surface area contributed by atoms with Crippen molar-refractivity contribution in [2.24, 2.45) is 0 Å². The van der Waals surface area contributed by atoms with E-state index in [-0.39, 0.29) is 0 Å². The molecule has 0 aliphatic carbocycles. The first-order chi connectivity index (χ1) is 21.8. The third-order valence-corrected chi connectivity index (χ3v) is 10.5. The second-order valence-corrected chi connectivity index (χ2v) is 12.8. The number of hydrogen-bond acceptors (Lipinski definition) is 1. The summed E-state index contributed by atoms with van der Waals surface area (Å²) in [7, 11) is 0. The Balaban J connectivity index is 1.23. The minimum Gasteiger partial charge on any atom is -0.309 e. The van der Waals surface area contributed by atoms with E-state index in [1.165, 1.54) is 91.1 Å². The molecular weight excluding hydrogens is 551 g/mol. The van der Waals surface area contributed by atoms with Gasteiger partial charge >= 0.3 is 0 Å². The SMILES string of the molecule is c1ccc(-n2c3ccccc3c3cc(-c4ccc5c(c4)c4ccccc4c4cc6c(cc54)sc4ccccc46)ccc32)cc1. The van der Waals surface area contributed by atoms with Gasteiger partial charge in [-0.1, -0.05) is 97.1 Å². The van der Waals surface area contributed by atoms with Crippen LogP contribution in [0.15, 0.2) is 152 Å². The lowest BCUT2D eigenvalue weighted by Gasteiger charge is -2.13. The van der Waals surface area contributed by atoms with Crippen molar-refractivity contribution in [1.82, 2.24) is 4.57 Å². The largest absolute Gasteiger partial charge is 0.309 e. The normalized spacial score (nSPS) is 12.1. The predicted molar refractivity (Wildman–Crippen MR) is 192 cm³/mol. The van der Waals surface area contributed by atoms with Gasteiger partial charge in [-0.25, -0.2) is 0 Å². The summed E-state index contributed by atoms with van der Waals surface area (Å²) in [4.78, 5) is 0. The molecule has 10 rings (SSSR count). The molecule has 0 N–H and O–H groups in total. The van der Waals surface area contributed by atoms with Gasteiger partial charge in [-0.15, -0.1) is 11.3 Å². The number of benzene rings is 8. The van der Waals surface area contributed by atoms with Crippen molar-refractivity contribution in [3.8, 4) is 16.8 Å². The van der Waals surface area contributed by atoms with Gasteiger partial charge in [0.2, 0.25) is 0 Å². The van der Waals surface area contributed by atoms with Crippen molar-refractivity contribution < 1.29 is 0 Å². The summed E-state index contributed by atoms with van der Waals surface area (Å²) in [6.45, 7) is 0. The molecule has 0 radical (unpaired) electrons. The van der Waals surface area contributed by atoms with Crippen molar-refractivity contribution in [3.63, 3.8) is 0 Å². The Kier molecular flexibility index (Phi) is 4.94. The first kappa shape index (κ1) is 24.0. The van der Waals surface area contributed by atoms with Crippen LogP contribution in [0.1, 0.15) is 0 Å². The topological polar surface area (TPSA) is 4.93 Å². The molecule has 204 valence electrons. The average Bonchev–Trinajstić information content (AvgIpc) is 3.62. The van der Waals surface area contributed by atoms with Crippen molar-refractivity contribution in [2.75, 3.05) is 0 Å². The van der Waals surface area contributed by atoms with Gasteiger partial charge in [0.1, 0.15) is 0 Å². The Labute approximate surface area is 257 Å². The molecule has 0 bridgehead atoms. The summed E-state index contributed by atoms with van der Waals surface area (Å²) in [6, 6.07) is 56.0. The molecule has 0 amide bonds. The monoisotopic (exact) mass is 575 g/mol. The van der Waals surface area contributed by atoms with Gasteiger partial charge in [0.05, 0.1) is 11.0 Å². The maximum atomic E-state index is 2.43. The molecule has 0 spiro atoms. The molecule has 0 fully saturated rings. The molecule has 1 nitrogen and oxygen atoms in total. The first-order valence-corrected chi connectivity index (χ1v) is 15.9. The summed E-state index contributed by atoms with van der Waals surface area (Å²) in [5, 5.41) is 13.1. The van der Waals surface area contributed by atoms with Crippen molar-refractivity contribution in [3.05, 3.63) is 152 Å². The Morgan fingerprint density at radius 2 is 0.886 bits per heavy atom. The van der Waals surface area contributed by atoms with Gasteiger partial charge in [0.25, 0.3) is 0 Å². The molecule has 2 aromatic heterocycles. The van der Waals surface area contributed by atoms with E-state index in [0.29, 0.717) is 0 Å². The quantitative estimate of drug-likeness (QED) is 0.181. The fourth-order valence-corrected chi connectivity index (χ4v) is 8.49. The third-order valence-electron chi connectivity index (χ3n) is 9.35. The Morgan fingerprint density at radius 3 is 1.70 bits per heavy atom. The molecule has 44 heavy (non-hydrogen) atoms. The van der Waals surface area contributed by atoms with Crippen LogP contribution in [0.4, 0.5) is 0 Å². The first-order valence-electron chi connectivity index (χ1n) is 15.1. The lowest BCUT2D eigenvalue weighted by atomic mass is 9.91. The molecule has 10 aromatic rings. The lowest BCUT2D eigenvalue weighted by Crippen LogP contribution is -1.92. The van der Waals surface area contributed by atoms with Gasteiger partial charge in [-0.2, -0.15) is 0 Å². The molecule has 2 heterocycles. The summed E-state index contributed by atoms with van der Waals surface area (Å²) in [5.41, 5.74) is 6.12. The predicted octanol–water partition coefficient (Wildman–Crippen LogP) is 12.3. The highest BCUT2D eigenvalue weighted by atomic mass is 32.1. The zero-order chi connectivity index (χ0) is 28.8. The minimum atomic E-state index is 1.18. The van der Waals surface area contributed by atoms with Crippen LogP contribution in [0.3, 0.4) is 0 Å². The Hall–Kier alpha value is -5.44. The standard InChI is InChI=1S/C42H25NS/c1-2-10-28(11-3-1)43-39-16-8-6-14-32(39)37-23-27(19-21-40(37)43)26-18-20-31-34(22-26)29-12-4-5-13-30(29)35-24-38-33-15-7-9-17-41(33)44-42(38)25-36(31)35/h1-25H. The Bertz CT molecular complexity index is 2760. The van der Waals surface area contributed by atoms with Crippen LogP contribution in [-0.2, 0) is 0 Å². The van der Waals surface area contributed by atoms with Crippen LogP contribution in [0.2, 0.25) is 0 Å². The average molecular weight is 576 g/mol. The van der Waals surface area contributed by atoms with E-state index in [1.807, 2.05) is 11.3 Å². The van der Waals surface area contributed by atoms with E-state index in [0.717, 1.165) is 0 Å². The highest BCUT2D eigenvalue weighted by Crippen LogP contribution is 2.43. The van der Waals surface area contributed by atoms with Crippen LogP contribution in [0.5, 0.6) is 0 Å². The maximum Gasteiger partial charge on any atom is 0.0541 e. The van der Waals surface area contributed by atoms with Gasteiger partial charge in [0, 0.05) is 36.6 Å². The third kappa shape index (κ3) is 3.35. The minimum absolute atomic E-state index is 1.18. The number of aromatic nitrogens is 1. The zero-order valence-corrected chi connectivity index (χ0v) is 24.6. The fourth-order valence-electron chi connectivity index (χ4n) is 7.36. The molecular formula is C42H25NS. The molecule has 0 saturated heterocycles. The molecule has 8 aromatic carbocycles. The molecule has 0 unspecified atom stereocenters. The van der Waals surface area contributed by atoms with E-state index in [9.17, 15) is 0 Å². The summed E-state index contributed by atoms with van der Waals surface area (Å²) >= 11 is 1.89. The van der Waals surface area contributed by atoms with E-state index in [2.05, 4.69) is 156 Å². The van der Waals surface area contributed by atoms with Gasteiger partial charge in [-0.3, -0.25) is 0 Å². The highest BCUT2D eigenvalue weighted by molar-refractivity contribution is 7.25. The molecule has 0 saturated carbocycles. The summed E-state index contributed by atoms with van der Waals surface area (Å²) < 4.78 is 5.07. The maximum absolute atomic E-state index is 2.43. The van der Waals surface area contributed by atoms with E-state index in [1.54, 1.807) is 0 Å². The lowest BCUT2D eigenvalue weighted by molar-refractivity contribution is 1.18. The van der Waals surface area contributed by atoms with E-state index < -0.39 is 0 Å². The number of rotatable bonds is 2. The molecule has 0 atom stereocenters. The van der Waals surface area contributed by atoms with Gasteiger partial charge < -0.3 is 4.57 Å². The second-order valence-electron chi connectivity index (χ2n) is 11.7. The van der Waals surface area contributed by atoms with Crippen LogP contribution < -0.4 is 0 Å². The molecule has 0 aliphatic heterocycles. The van der Waals surface area contributed by atoms with E-state index >= 15 is 0 Å². The van der Waals surface area contributed by atoms with Crippen molar-refractivity contribution >= 4 is 85.6 Å². The van der Waals surface area contributed by atoms with Crippen LogP contribution >= 0.6 is 11.3 Å². The molecule has 0 aliphatic rings. The zero-order valence-electron chi connectivity index (χ0n) is 23.8. The van der Waals surface area contributed by atoms with Gasteiger partial charge in [0.15, 0.2) is 0 Å². The second kappa shape index (κ2) is 9.03. The van der Waals surface area contributed by atoms with E-state index in [4.69, 9.17) is 0 Å². The number of thiophene rings is 1. The van der Waals surface area contributed by atoms with Crippen LogP contribution in [0, 0.1) is 0 Å². The summed E-state index contributed by atoms with van der Waals surface area (Å²) in [6.07, 6.45) is 0. The molecule has 2 heteroatoms. The highest BCUT2D eigenvalue weighted by Gasteiger charge is 2.15.